The second-order valence-electron chi connectivity index (χ2n) is 6.43. The van der Waals surface area contributed by atoms with Gasteiger partial charge in [-0.3, -0.25) is 4.79 Å². The van der Waals surface area contributed by atoms with Crippen LogP contribution in [0.25, 0.3) is 0 Å². The first kappa shape index (κ1) is 18.0. The molecule has 0 atom stereocenters. The fourth-order valence-electron chi connectivity index (χ4n) is 2.95. The smallest absolute Gasteiger partial charge is 0.265 e. The molecule has 1 aliphatic heterocycles. The van der Waals surface area contributed by atoms with E-state index in [1.807, 2.05) is 37.3 Å². The van der Waals surface area contributed by atoms with Crippen molar-refractivity contribution >= 4 is 5.91 Å². The number of rotatable bonds is 5. The quantitative estimate of drug-likeness (QED) is 0.664. The number of benzene rings is 1. The molecule has 128 valence electrons. The van der Waals surface area contributed by atoms with Crippen LogP contribution in [0.5, 0.6) is 0 Å². The standard InChI is InChI=1S/C19H26N4O/c1-15-6-4-5-7-16(15)13-21-14-17(12-20)19(24)23(3)18-8-10-22(2)11-9-18/h4-7,14,18,21H,8-11,13H2,1-3H3/b17-14-. The molecule has 5 nitrogen and oxygen atoms in total. The summed E-state index contributed by atoms with van der Waals surface area (Å²) in [5.74, 6) is -0.204. The molecule has 1 fully saturated rings. The van der Waals surface area contributed by atoms with E-state index in [2.05, 4.69) is 17.3 Å². The minimum atomic E-state index is -0.204. The number of likely N-dealkylation sites (N-methyl/N-ethyl adjacent to an activating group) is 1. The van der Waals surface area contributed by atoms with Gasteiger partial charge in [-0.05, 0) is 51.0 Å². The van der Waals surface area contributed by atoms with Gasteiger partial charge in [-0.15, -0.1) is 0 Å². The zero-order chi connectivity index (χ0) is 17.5. The number of nitrogens with zero attached hydrogens (tertiary/aromatic N) is 3. The lowest BCUT2D eigenvalue weighted by molar-refractivity contribution is -0.128. The molecule has 1 heterocycles. The molecule has 1 amide bonds. The van der Waals surface area contributed by atoms with Crippen LogP contribution < -0.4 is 5.32 Å². The summed E-state index contributed by atoms with van der Waals surface area (Å²) in [7, 11) is 3.89. The highest BCUT2D eigenvalue weighted by Crippen LogP contribution is 2.16. The van der Waals surface area contributed by atoms with Crippen molar-refractivity contribution < 1.29 is 4.79 Å². The molecule has 24 heavy (non-hydrogen) atoms. The number of aryl methyl sites for hydroxylation is 1. The van der Waals surface area contributed by atoms with Gasteiger partial charge in [-0.1, -0.05) is 24.3 Å². The molecule has 1 aliphatic rings. The molecule has 0 aliphatic carbocycles. The van der Waals surface area contributed by atoms with Crippen molar-refractivity contribution in [2.24, 2.45) is 0 Å². The van der Waals surface area contributed by atoms with Gasteiger partial charge in [0.25, 0.3) is 5.91 Å². The normalized spacial score (nSPS) is 16.5. The van der Waals surface area contributed by atoms with Gasteiger partial charge in [0, 0.05) is 25.8 Å². The zero-order valence-electron chi connectivity index (χ0n) is 14.7. The lowest BCUT2D eigenvalue weighted by Gasteiger charge is -2.35. The van der Waals surface area contributed by atoms with Crippen LogP contribution >= 0.6 is 0 Å². The third kappa shape index (κ3) is 4.59. The Bertz CT molecular complexity index is 639. The number of nitriles is 1. The second-order valence-corrected chi connectivity index (χ2v) is 6.43. The van der Waals surface area contributed by atoms with Crippen molar-refractivity contribution in [1.82, 2.24) is 15.1 Å². The van der Waals surface area contributed by atoms with Crippen LogP contribution in [0.1, 0.15) is 24.0 Å². The number of piperidine rings is 1. The SMILES string of the molecule is Cc1ccccc1CN/C=C(/C#N)C(=O)N(C)C1CCN(C)CC1. The van der Waals surface area contributed by atoms with Crippen LogP contribution in [0.3, 0.4) is 0 Å². The van der Waals surface area contributed by atoms with Crippen LogP contribution in [0.15, 0.2) is 36.0 Å². The molecule has 0 saturated carbocycles. The summed E-state index contributed by atoms with van der Waals surface area (Å²) in [6.07, 6.45) is 3.45. The third-order valence-corrected chi connectivity index (χ3v) is 4.71. The first-order valence-corrected chi connectivity index (χ1v) is 8.36. The first-order valence-electron chi connectivity index (χ1n) is 8.36. The summed E-state index contributed by atoms with van der Waals surface area (Å²) >= 11 is 0. The van der Waals surface area contributed by atoms with Gasteiger partial charge in [0.2, 0.25) is 0 Å². The van der Waals surface area contributed by atoms with Gasteiger partial charge in [0.15, 0.2) is 0 Å². The van der Waals surface area contributed by atoms with E-state index >= 15 is 0 Å². The Labute approximate surface area is 144 Å². The van der Waals surface area contributed by atoms with Gasteiger partial charge in [0.05, 0.1) is 0 Å². The fraction of sp³-hybridized carbons (Fsp3) is 0.474. The highest BCUT2D eigenvalue weighted by molar-refractivity contribution is 5.97. The molecule has 0 bridgehead atoms. The molecule has 0 aromatic heterocycles. The Balaban J connectivity index is 1.95. The topological polar surface area (TPSA) is 59.4 Å². The highest BCUT2D eigenvalue weighted by atomic mass is 16.2. The molecule has 5 heteroatoms. The van der Waals surface area contributed by atoms with E-state index in [1.165, 1.54) is 5.56 Å². The second kappa shape index (κ2) is 8.51. The predicted molar refractivity (Wildman–Crippen MR) is 95.0 cm³/mol. The Kier molecular flexibility index (Phi) is 6.39. The molecule has 1 aromatic rings. The van der Waals surface area contributed by atoms with Crippen molar-refractivity contribution in [1.29, 1.82) is 5.26 Å². The molecule has 1 saturated heterocycles. The summed E-state index contributed by atoms with van der Waals surface area (Å²) in [4.78, 5) is 16.5. The van der Waals surface area contributed by atoms with Crippen LogP contribution in [0, 0.1) is 18.3 Å². The van der Waals surface area contributed by atoms with Crippen molar-refractivity contribution in [2.75, 3.05) is 27.2 Å². The zero-order valence-corrected chi connectivity index (χ0v) is 14.7. The molecule has 0 radical (unpaired) electrons. The van der Waals surface area contributed by atoms with Crippen LogP contribution in [0.4, 0.5) is 0 Å². The summed E-state index contributed by atoms with van der Waals surface area (Å²) in [6.45, 7) is 4.62. The average Bonchev–Trinajstić information content (AvgIpc) is 2.60. The molecule has 2 rings (SSSR count). The third-order valence-electron chi connectivity index (χ3n) is 4.71. The van der Waals surface area contributed by atoms with Gasteiger partial charge >= 0.3 is 0 Å². The van der Waals surface area contributed by atoms with Crippen LogP contribution in [-0.4, -0.2) is 48.9 Å². The first-order chi connectivity index (χ1) is 11.5. The maximum Gasteiger partial charge on any atom is 0.265 e. The number of carbonyl (C=O) groups excluding carboxylic acids is 1. The minimum Gasteiger partial charge on any atom is -0.386 e. The molecular formula is C19H26N4O. The van der Waals surface area contributed by atoms with E-state index in [1.54, 1.807) is 18.1 Å². The molecular weight excluding hydrogens is 300 g/mol. The monoisotopic (exact) mass is 326 g/mol. The van der Waals surface area contributed by atoms with Gasteiger partial charge in [0.1, 0.15) is 11.6 Å². The van der Waals surface area contributed by atoms with Gasteiger partial charge in [-0.25, -0.2) is 0 Å². The molecule has 0 unspecified atom stereocenters. The summed E-state index contributed by atoms with van der Waals surface area (Å²) in [5, 5.41) is 12.4. The van der Waals surface area contributed by atoms with E-state index in [-0.39, 0.29) is 17.5 Å². The number of nitrogens with one attached hydrogen (secondary N) is 1. The summed E-state index contributed by atoms with van der Waals surface area (Å²) < 4.78 is 0. The Hall–Kier alpha value is -2.32. The number of amides is 1. The lowest BCUT2D eigenvalue weighted by Crippen LogP contribution is -2.45. The number of hydrogen-bond acceptors (Lipinski definition) is 4. The Morgan fingerprint density at radius 2 is 2.08 bits per heavy atom. The highest BCUT2D eigenvalue weighted by Gasteiger charge is 2.25. The Morgan fingerprint density at radius 1 is 1.42 bits per heavy atom. The number of hydrogen-bond donors (Lipinski definition) is 1. The van der Waals surface area contributed by atoms with Crippen LogP contribution in [-0.2, 0) is 11.3 Å². The summed E-state index contributed by atoms with van der Waals surface area (Å²) in [6, 6.07) is 10.3. The van der Waals surface area contributed by atoms with Gasteiger partial charge in [-0.2, -0.15) is 5.26 Å². The minimum absolute atomic E-state index is 0.157. The van der Waals surface area contributed by atoms with E-state index in [9.17, 15) is 10.1 Å². The predicted octanol–water partition coefficient (Wildman–Crippen LogP) is 2.04. The van der Waals surface area contributed by atoms with Gasteiger partial charge < -0.3 is 15.1 Å². The van der Waals surface area contributed by atoms with Crippen LogP contribution in [0.2, 0.25) is 0 Å². The van der Waals surface area contributed by atoms with E-state index in [0.29, 0.717) is 6.54 Å². The molecule has 0 spiro atoms. The molecule has 1 aromatic carbocycles. The van der Waals surface area contributed by atoms with E-state index in [0.717, 1.165) is 31.5 Å². The largest absolute Gasteiger partial charge is 0.386 e. The van der Waals surface area contributed by atoms with E-state index in [4.69, 9.17) is 0 Å². The lowest BCUT2D eigenvalue weighted by atomic mass is 10.0. The summed E-state index contributed by atoms with van der Waals surface area (Å²) in [5.41, 5.74) is 2.50. The van der Waals surface area contributed by atoms with Crippen molar-refractivity contribution in [3.8, 4) is 6.07 Å². The Morgan fingerprint density at radius 3 is 2.71 bits per heavy atom. The fourth-order valence-corrected chi connectivity index (χ4v) is 2.95. The number of carbonyl (C=O) groups is 1. The van der Waals surface area contributed by atoms with Crippen molar-refractivity contribution in [3.63, 3.8) is 0 Å². The van der Waals surface area contributed by atoms with E-state index < -0.39 is 0 Å². The van der Waals surface area contributed by atoms with Crippen molar-refractivity contribution in [2.45, 2.75) is 32.4 Å². The molecule has 1 N–H and O–H groups in total. The maximum absolute atomic E-state index is 12.5. The van der Waals surface area contributed by atoms with Crippen molar-refractivity contribution in [3.05, 3.63) is 47.2 Å². The number of likely N-dealkylation sites (tertiary alicyclic amines) is 1. The maximum atomic E-state index is 12.5. The average molecular weight is 326 g/mol.